The van der Waals surface area contributed by atoms with Gasteiger partial charge in [0.2, 0.25) is 8.32 Å². The van der Waals surface area contributed by atoms with Crippen molar-refractivity contribution in [2.24, 2.45) is 0 Å². The van der Waals surface area contributed by atoms with Gasteiger partial charge < -0.3 is 4.43 Å². The summed E-state index contributed by atoms with van der Waals surface area (Å²) >= 11 is 0. The maximum atomic E-state index is 7.31. The number of pyridine rings is 1. The Morgan fingerprint density at radius 1 is 0.968 bits per heavy atom. The minimum absolute atomic E-state index is 0.00726. The van der Waals surface area contributed by atoms with E-state index in [0.29, 0.717) is 0 Å². The topological polar surface area (TPSA) is 22.1 Å². The molecule has 0 N–H and O–H groups in total. The van der Waals surface area contributed by atoms with Crippen LogP contribution >= 0.6 is 0 Å². The Bertz CT molecular complexity index is 1010. The van der Waals surface area contributed by atoms with E-state index in [9.17, 15) is 0 Å². The molecule has 31 heavy (non-hydrogen) atoms. The summed E-state index contributed by atoms with van der Waals surface area (Å²) in [5.74, 6) is 0. The molecule has 1 aliphatic rings. The van der Waals surface area contributed by atoms with Crippen LogP contribution in [0.2, 0.25) is 11.1 Å². The zero-order valence-electron chi connectivity index (χ0n) is 18.9. The van der Waals surface area contributed by atoms with E-state index in [-0.39, 0.29) is 11.1 Å². The fraction of sp³-hybridized carbons (Fsp3) is 0.321. The number of hydrogen-bond donors (Lipinski definition) is 0. The summed E-state index contributed by atoms with van der Waals surface area (Å²) < 4.78 is 7.31. The second kappa shape index (κ2) is 9.33. The summed E-state index contributed by atoms with van der Waals surface area (Å²) in [5, 5.41) is 1.60. The third-order valence-electron chi connectivity index (χ3n) is 6.43. The van der Waals surface area contributed by atoms with Crippen LogP contribution in [0.3, 0.4) is 0 Å². The van der Waals surface area contributed by atoms with Gasteiger partial charge in [-0.05, 0) is 52.4 Å². The Balaban J connectivity index is 1.72. The molecule has 0 radical (unpaired) electrons. The standard InChI is InChI=1S/C28H33NOSi/c1-28(2,3)31(21-11-15-24-14-7-8-17-27(24)31)30-26(22-25-16-9-10-20-29-25)19-18-23-12-5-4-6-13-23/h4-10,12-14,16-20,26H,11,15,21-22H2,1-3H3/b19-18+/t26-,31-/m1/s1. The smallest absolute Gasteiger partial charge is 0.230 e. The molecule has 0 unspecified atom stereocenters. The highest BCUT2D eigenvalue weighted by atomic mass is 28.4. The Morgan fingerprint density at radius 2 is 1.71 bits per heavy atom. The summed E-state index contributed by atoms with van der Waals surface area (Å²) in [7, 11) is -2.24. The first-order chi connectivity index (χ1) is 15.0. The average molecular weight is 428 g/mol. The number of benzene rings is 2. The van der Waals surface area contributed by atoms with Crippen molar-refractivity contribution in [2.75, 3.05) is 0 Å². The summed E-state index contributed by atoms with van der Waals surface area (Å²) in [6, 6.07) is 26.8. The highest BCUT2D eigenvalue weighted by Gasteiger charge is 2.51. The van der Waals surface area contributed by atoms with Gasteiger partial charge in [0.25, 0.3) is 0 Å². The lowest BCUT2D eigenvalue weighted by molar-refractivity contribution is 0.223. The van der Waals surface area contributed by atoms with Crippen molar-refractivity contribution in [3.05, 3.63) is 102 Å². The second-order valence-corrected chi connectivity index (χ2v) is 14.0. The maximum Gasteiger partial charge on any atom is 0.230 e. The number of fused-ring (bicyclic) bond motifs is 1. The molecular formula is C28H33NOSi. The first-order valence-electron chi connectivity index (χ1n) is 11.4. The summed E-state index contributed by atoms with van der Waals surface area (Å²) in [6.07, 6.45) is 9.48. The van der Waals surface area contributed by atoms with Gasteiger partial charge in [-0.25, -0.2) is 0 Å². The molecule has 2 nitrogen and oxygen atoms in total. The Morgan fingerprint density at radius 3 is 2.45 bits per heavy atom. The molecule has 2 heterocycles. The monoisotopic (exact) mass is 427 g/mol. The summed E-state index contributed by atoms with van der Waals surface area (Å²) in [5.41, 5.74) is 3.76. The molecule has 3 heteroatoms. The zero-order valence-corrected chi connectivity index (χ0v) is 19.9. The van der Waals surface area contributed by atoms with Crippen LogP contribution in [-0.2, 0) is 17.3 Å². The first kappa shape index (κ1) is 21.7. The number of nitrogens with zero attached hydrogens (tertiary/aromatic N) is 1. The van der Waals surface area contributed by atoms with E-state index in [2.05, 4.69) is 105 Å². The molecule has 160 valence electrons. The van der Waals surface area contributed by atoms with Crippen LogP contribution in [-0.4, -0.2) is 19.4 Å². The molecule has 2 aromatic carbocycles. The number of aryl methyl sites for hydroxylation is 1. The zero-order chi connectivity index (χ0) is 21.7. The second-order valence-electron chi connectivity index (χ2n) is 9.54. The number of rotatable bonds is 6. The van der Waals surface area contributed by atoms with E-state index in [0.717, 1.165) is 18.5 Å². The van der Waals surface area contributed by atoms with E-state index in [1.165, 1.54) is 28.8 Å². The Hall–Kier alpha value is -2.49. The number of hydrogen-bond acceptors (Lipinski definition) is 2. The fourth-order valence-corrected chi connectivity index (χ4v) is 9.66. The van der Waals surface area contributed by atoms with Crippen LogP contribution in [0.25, 0.3) is 6.08 Å². The first-order valence-corrected chi connectivity index (χ1v) is 13.5. The molecule has 0 fully saturated rings. The molecule has 0 aliphatic carbocycles. The van der Waals surface area contributed by atoms with Gasteiger partial charge in [-0.2, -0.15) is 0 Å². The van der Waals surface area contributed by atoms with Crippen molar-refractivity contribution in [1.82, 2.24) is 4.98 Å². The lowest BCUT2D eigenvalue weighted by Crippen LogP contribution is -2.61. The Kier molecular flexibility index (Phi) is 6.54. The third-order valence-corrected chi connectivity index (χ3v) is 12.0. The van der Waals surface area contributed by atoms with Gasteiger partial charge in [0.15, 0.2) is 0 Å². The molecule has 0 amide bonds. The van der Waals surface area contributed by atoms with E-state index in [4.69, 9.17) is 4.43 Å². The highest BCUT2D eigenvalue weighted by Crippen LogP contribution is 2.44. The van der Waals surface area contributed by atoms with Crippen LogP contribution in [0.1, 0.15) is 44.0 Å². The molecule has 0 saturated carbocycles. The van der Waals surface area contributed by atoms with Crippen molar-refractivity contribution < 1.29 is 4.43 Å². The van der Waals surface area contributed by atoms with Gasteiger partial charge in [0, 0.05) is 18.3 Å². The molecule has 1 aliphatic heterocycles. The van der Waals surface area contributed by atoms with Crippen molar-refractivity contribution in [2.45, 2.75) is 57.2 Å². The van der Waals surface area contributed by atoms with Gasteiger partial charge in [-0.15, -0.1) is 0 Å². The van der Waals surface area contributed by atoms with E-state index in [1.54, 1.807) is 0 Å². The molecule has 0 spiro atoms. The van der Waals surface area contributed by atoms with Gasteiger partial charge in [0.1, 0.15) is 0 Å². The summed E-state index contributed by atoms with van der Waals surface area (Å²) in [4.78, 5) is 4.60. The molecule has 2 atom stereocenters. The molecule has 4 rings (SSSR count). The molecular weight excluding hydrogens is 394 g/mol. The molecule has 3 aromatic rings. The normalized spacial score (nSPS) is 19.8. The molecule has 0 bridgehead atoms. The van der Waals surface area contributed by atoms with Gasteiger partial charge in [-0.1, -0.05) is 93.6 Å². The minimum atomic E-state index is -2.24. The largest absolute Gasteiger partial charge is 0.405 e. The predicted molar refractivity (Wildman–Crippen MR) is 133 cm³/mol. The third kappa shape index (κ3) is 4.89. The fourth-order valence-electron chi connectivity index (χ4n) is 4.79. The minimum Gasteiger partial charge on any atom is -0.405 e. The number of aromatic nitrogens is 1. The van der Waals surface area contributed by atoms with Crippen LogP contribution in [0, 0.1) is 0 Å². The predicted octanol–water partition coefficient (Wildman–Crippen LogP) is 6.32. The van der Waals surface area contributed by atoms with Crippen molar-refractivity contribution >= 4 is 19.6 Å². The highest BCUT2D eigenvalue weighted by molar-refractivity contribution is 6.89. The van der Waals surface area contributed by atoms with Gasteiger partial charge in [0.05, 0.1) is 6.10 Å². The van der Waals surface area contributed by atoms with E-state index < -0.39 is 8.32 Å². The van der Waals surface area contributed by atoms with Gasteiger partial charge >= 0.3 is 0 Å². The van der Waals surface area contributed by atoms with Crippen molar-refractivity contribution in [1.29, 1.82) is 0 Å². The van der Waals surface area contributed by atoms with Crippen LogP contribution in [0.15, 0.2) is 85.1 Å². The summed E-state index contributed by atoms with van der Waals surface area (Å²) in [6.45, 7) is 7.13. The van der Waals surface area contributed by atoms with Crippen molar-refractivity contribution in [3.63, 3.8) is 0 Å². The Labute approximate surface area is 188 Å². The molecule has 0 saturated heterocycles. The van der Waals surface area contributed by atoms with Crippen LogP contribution < -0.4 is 5.19 Å². The van der Waals surface area contributed by atoms with Crippen molar-refractivity contribution in [3.8, 4) is 0 Å². The lowest BCUT2D eigenvalue weighted by Gasteiger charge is -2.47. The van der Waals surface area contributed by atoms with Crippen LogP contribution in [0.5, 0.6) is 0 Å². The van der Waals surface area contributed by atoms with Gasteiger partial charge in [-0.3, -0.25) is 4.98 Å². The quantitative estimate of drug-likeness (QED) is 0.429. The molecule has 1 aromatic heterocycles. The maximum absolute atomic E-state index is 7.31. The van der Waals surface area contributed by atoms with E-state index in [1.807, 2.05) is 12.3 Å². The van der Waals surface area contributed by atoms with E-state index >= 15 is 0 Å². The average Bonchev–Trinajstić information content (AvgIpc) is 2.78. The van der Waals surface area contributed by atoms with Crippen LogP contribution in [0.4, 0.5) is 0 Å². The lowest BCUT2D eigenvalue weighted by atomic mass is 10.1. The SMILES string of the molecule is CC(C)(C)[Si@@]1(O[C@H](/C=C/c2ccccc2)Cc2ccccn2)CCCc2ccccc21.